The minimum Gasteiger partial charge on any atom is -0.459 e. The summed E-state index contributed by atoms with van der Waals surface area (Å²) >= 11 is 0. The minimum atomic E-state index is -0.793. The number of aliphatic hydroxyl groups excluding tert-OH is 1. The highest BCUT2D eigenvalue weighted by Crippen LogP contribution is 2.17. The third-order valence-corrected chi connectivity index (χ3v) is 2.65. The van der Waals surface area contributed by atoms with Crippen molar-refractivity contribution >= 4 is 12.0 Å². The van der Waals surface area contributed by atoms with Gasteiger partial charge in [0.1, 0.15) is 30.0 Å². The van der Waals surface area contributed by atoms with E-state index in [0.29, 0.717) is 11.3 Å². The maximum atomic E-state index is 11.5. The molecule has 19 heavy (non-hydrogen) atoms. The van der Waals surface area contributed by atoms with Crippen LogP contribution in [0.5, 0.6) is 0 Å². The van der Waals surface area contributed by atoms with Gasteiger partial charge in [-0.3, -0.25) is 0 Å². The first-order valence-corrected chi connectivity index (χ1v) is 5.51. The van der Waals surface area contributed by atoms with Crippen LogP contribution in [-0.2, 0) is 16.6 Å². The Kier molecular flexibility index (Phi) is 4.87. The van der Waals surface area contributed by atoms with Crippen LogP contribution in [0.2, 0.25) is 0 Å². The van der Waals surface area contributed by atoms with Gasteiger partial charge in [0.15, 0.2) is 0 Å². The summed E-state index contributed by atoms with van der Waals surface area (Å²) < 4.78 is 6.33. The highest BCUT2D eigenvalue weighted by molar-refractivity contribution is 5.98. The molecule has 0 amide bonds. The molecule has 0 atom stereocenters. The smallest absolute Gasteiger partial charge is 0.348 e. The molecule has 0 saturated carbocycles. The second kappa shape index (κ2) is 6.39. The number of carbonyl (C=O) groups is 1. The lowest BCUT2D eigenvalue weighted by Gasteiger charge is -2.01. The average Bonchev–Trinajstić information content (AvgIpc) is 2.69. The summed E-state index contributed by atoms with van der Waals surface area (Å²) in [6, 6.07) is 5.35. The van der Waals surface area contributed by atoms with Gasteiger partial charge in [0.25, 0.3) is 0 Å². The number of aliphatic hydroxyl groups is 1. The fourth-order valence-electron chi connectivity index (χ4n) is 1.48. The molecular weight excluding hydrogens is 246 g/mol. The quantitative estimate of drug-likeness (QED) is 0.486. The molecule has 0 unspecified atom stereocenters. The first kappa shape index (κ1) is 14.5. The van der Waals surface area contributed by atoms with Crippen molar-refractivity contribution < 1.29 is 14.6 Å². The van der Waals surface area contributed by atoms with Gasteiger partial charge in [-0.05, 0) is 24.6 Å². The number of hydrogen-bond donors (Lipinski definition) is 1. The Hall–Kier alpha value is -2.57. The number of rotatable bonds is 4. The average molecular weight is 259 g/mol. The van der Waals surface area contributed by atoms with E-state index in [1.807, 2.05) is 6.07 Å². The fourth-order valence-corrected chi connectivity index (χ4v) is 1.48. The Bertz CT molecular complexity index is 600. The monoisotopic (exact) mass is 259 g/mol. The zero-order valence-electron chi connectivity index (χ0n) is 10.7. The van der Waals surface area contributed by atoms with E-state index in [1.54, 1.807) is 30.7 Å². The first-order chi connectivity index (χ1) is 9.04. The molecule has 0 aliphatic carbocycles. The zero-order valence-corrected chi connectivity index (χ0v) is 10.7. The molecule has 6 nitrogen and oxygen atoms in total. The molecule has 0 fully saturated rings. The van der Waals surface area contributed by atoms with E-state index in [2.05, 4.69) is 4.74 Å². The summed E-state index contributed by atoms with van der Waals surface area (Å²) in [4.78, 5) is 11.5. The maximum Gasteiger partial charge on any atom is 0.348 e. The summed E-state index contributed by atoms with van der Waals surface area (Å²) in [5.74, 6) is -0.793. The summed E-state index contributed by atoms with van der Waals surface area (Å²) in [6.07, 6.45) is 1.37. The van der Waals surface area contributed by atoms with E-state index in [9.17, 15) is 4.79 Å². The van der Waals surface area contributed by atoms with Gasteiger partial charge >= 0.3 is 5.97 Å². The minimum absolute atomic E-state index is 0.158. The van der Waals surface area contributed by atoms with Crippen LogP contribution < -0.4 is 0 Å². The van der Waals surface area contributed by atoms with Crippen LogP contribution in [-0.4, -0.2) is 28.9 Å². The molecule has 0 bridgehead atoms. The van der Waals surface area contributed by atoms with Crippen LogP contribution in [0.25, 0.3) is 6.08 Å². The molecule has 6 heteroatoms. The van der Waals surface area contributed by atoms with E-state index in [1.165, 1.54) is 6.08 Å². The SMILES string of the molecule is Cc1c(/C=C(\C#N)C(=O)OCCO)cc(C#N)n1C. The number of nitrogens with zero attached hydrogens (tertiary/aromatic N) is 3. The largest absolute Gasteiger partial charge is 0.459 e. The van der Waals surface area contributed by atoms with Gasteiger partial charge in [-0.1, -0.05) is 0 Å². The number of nitriles is 2. The molecule has 1 heterocycles. The number of aromatic nitrogens is 1. The highest BCUT2D eigenvalue weighted by atomic mass is 16.5. The molecule has 1 aromatic rings. The molecule has 1 rings (SSSR count). The van der Waals surface area contributed by atoms with Gasteiger partial charge in [0, 0.05) is 12.7 Å². The van der Waals surface area contributed by atoms with Crippen LogP contribution in [0.4, 0.5) is 0 Å². The lowest BCUT2D eigenvalue weighted by molar-refractivity contribution is -0.139. The topological polar surface area (TPSA) is 99.0 Å². The van der Waals surface area contributed by atoms with Crippen molar-refractivity contribution in [2.24, 2.45) is 7.05 Å². The normalized spacial score (nSPS) is 10.7. The fraction of sp³-hybridized carbons (Fsp3) is 0.308. The third-order valence-electron chi connectivity index (χ3n) is 2.65. The second-order valence-electron chi connectivity index (χ2n) is 3.77. The molecule has 1 N–H and O–H groups in total. The third kappa shape index (κ3) is 3.21. The summed E-state index contributed by atoms with van der Waals surface area (Å²) in [5.41, 5.74) is 1.63. The van der Waals surface area contributed by atoms with E-state index in [4.69, 9.17) is 15.6 Å². The van der Waals surface area contributed by atoms with Crippen molar-refractivity contribution in [2.75, 3.05) is 13.2 Å². The van der Waals surface area contributed by atoms with Crippen molar-refractivity contribution in [1.82, 2.24) is 4.57 Å². The molecule has 98 valence electrons. The van der Waals surface area contributed by atoms with Crippen LogP contribution in [0.3, 0.4) is 0 Å². The molecule has 1 aromatic heterocycles. The van der Waals surface area contributed by atoms with E-state index in [-0.39, 0.29) is 18.8 Å². The van der Waals surface area contributed by atoms with Gasteiger partial charge in [0.2, 0.25) is 0 Å². The predicted molar refractivity (Wildman–Crippen MR) is 66.5 cm³/mol. The zero-order chi connectivity index (χ0) is 14.4. The Morgan fingerprint density at radius 1 is 1.58 bits per heavy atom. The summed E-state index contributed by atoms with van der Waals surface area (Å²) in [7, 11) is 1.72. The van der Waals surface area contributed by atoms with E-state index in [0.717, 1.165) is 5.69 Å². The Balaban J connectivity index is 3.10. The van der Waals surface area contributed by atoms with Crippen LogP contribution in [0, 0.1) is 29.6 Å². The highest BCUT2D eigenvalue weighted by Gasteiger charge is 2.13. The van der Waals surface area contributed by atoms with Gasteiger partial charge in [-0.25, -0.2) is 4.79 Å². The van der Waals surface area contributed by atoms with Crippen molar-refractivity contribution in [1.29, 1.82) is 10.5 Å². The molecule has 0 aromatic carbocycles. The van der Waals surface area contributed by atoms with Crippen molar-refractivity contribution in [3.63, 3.8) is 0 Å². The lowest BCUT2D eigenvalue weighted by Crippen LogP contribution is -2.10. The van der Waals surface area contributed by atoms with E-state index < -0.39 is 5.97 Å². The van der Waals surface area contributed by atoms with Gasteiger partial charge in [-0.2, -0.15) is 10.5 Å². The molecule has 0 spiro atoms. The Labute approximate surface area is 110 Å². The Morgan fingerprint density at radius 3 is 2.74 bits per heavy atom. The maximum absolute atomic E-state index is 11.5. The van der Waals surface area contributed by atoms with Crippen molar-refractivity contribution in [3.05, 3.63) is 28.6 Å². The predicted octanol–water partition coefficient (Wildman–Crippen LogP) is 0.648. The molecular formula is C13H13N3O3. The standard InChI is InChI=1S/C13H13N3O3/c1-9-10(6-12(8-15)16(9)2)5-11(7-14)13(18)19-4-3-17/h5-6,17H,3-4H2,1-2H3/b11-5+. The summed E-state index contributed by atoms with van der Waals surface area (Å²) in [6.45, 7) is 1.32. The number of carbonyl (C=O) groups excluding carboxylic acids is 1. The van der Waals surface area contributed by atoms with Crippen molar-refractivity contribution in [3.8, 4) is 12.1 Å². The molecule has 0 saturated heterocycles. The number of hydrogen-bond acceptors (Lipinski definition) is 5. The molecule has 0 radical (unpaired) electrons. The first-order valence-electron chi connectivity index (χ1n) is 5.51. The van der Waals surface area contributed by atoms with Crippen LogP contribution >= 0.6 is 0 Å². The van der Waals surface area contributed by atoms with Crippen LogP contribution in [0.1, 0.15) is 17.0 Å². The molecule has 0 aliphatic heterocycles. The van der Waals surface area contributed by atoms with Crippen molar-refractivity contribution in [2.45, 2.75) is 6.92 Å². The van der Waals surface area contributed by atoms with Gasteiger partial charge in [0.05, 0.1) is 6.61 Å². The van der Waals surface area contributed by atoms with Crippen LogP contribution in [0.15, 0.2) is 11.6 Å². The Morgan fingerprint density at radius 2 is 2.26 bits per heavy atom. The van der Waals surface area contributed by atoms with E-state index >= 15 is 0 Å². The summed E-state index contributed by atoms with van der Waals surface area (Å²) in [5, 5.41) is 26.4. The van der Waals surface area contributed by atoms with Gasteiger partial charge < -0.3 is 14.4 Å². The molecule has 0 aliphatic rings. The number of ether oxygens (including phenoxy) is 1. The lowest BCUT2D eigenvalue weighted by atomic mass is 10.1. The van der Waals surface area contributed by atoms with Gasteiger partial charge in [-0.15, -0.1) is 0 Å². The second-order valence-corrected chi connectivity index (χ2v) is 3.77. The number of esters is 1.